The summed E-state index contributed by atoms with van der Waals surface area (Å²) < 4.78 is 7.16. The van der Waals surface area contributed by atoms with Gasteiger partial charge in [0, 0.05) is 18.0 Å². The Labute approximate surface area is 91.5 Å². The first-order valence-corrected chi connectivity index (χ1v) is 4.91. The minimum atomic E-state index is 0.453. The first-order valence-electron chi connectivity index (χ1n) is 4.91. The first-order chi connectivity index (χ1) is 7.72. The van der Waals surface area contributed by atoms with E-state index in [1.165, 1.54) is 0 Å². The highest BCUT2D eigenvalue weighted by Gasteiger charge is 2.08. The lowest BCUT2D eigenvalue weighted by Crippen LogP contribution is -1.94. The van der Waals surface area contributed by atoms with Crippen molar-refractivity contribution >= 4 is 16.8 Å². The van der Waals surface area contributed by atoms with Gasteiger partial charge >= 0.3 is 6.01 Å². The average molecular weight is 214 g/mol. The van der Waals surface area contributed by atoms with E-state index >= 15 is 0 Å². The number of nitrogens with zero attached hydrogens (tertiary/aromatic N) is 3. The van der Waals surface area contributed by atoms with Gasteiger partial charge in [0.25, 0.3) is 0 Å². The molecule has 0 bridgehead atoms. The number of hydrogen-bond donors (Lipinski definition) is 1. The summed E-state index contributed by atoms with van der Waals surface area (Å²) in [7, 11) is 0. The van der Waals surface area contributed by atoms with Crippen LogP contribution in [0.2, 0.25) is 0 Å². The fourth-order valence-electron chi connectivity index (χ4n) is 1.55. The SMILES string of the molecule is Cc1ccn(-c2nc3ccc(N)cc3o2)n1. The van der Waals surface area contributed by atoms with Crippen molar-refractivity contribution < 1.29 is 4.42 Å². The molecule has 0 saturated carbocycles. The highest BCUT2D eigenvalue weighted by Crippen LogP contribution is 2.20. The van der Waals surface area contributed by atoms with E-state index in [2.05, 4.69) is 10.1 Å². The van der Waals surface area contributed by atoms with Gasteiger partial charge in [0.15, 0.2) is 5.58 Å². The standard InChI is InChI=1S/C11H10N4O/c1-7-4-5-15(14-7)11-13-9-3-2-8(12)6-10(9)16-11/h2-6H,12H2,1H3. The molecule has 0 spiro atoms. The Morgan fingerprint density at radius 3 is 2.94 bits per heavy atom. The second kappa shape index (κ2) is 3.10. The monoisotopic (exact) mass is 214 g/mol. The molecule has 2 heterocycles. The number of aryl methyl sites for hydroxylation is 1. The van der Waals surface area contributed by atoms with E-state index in [9.17, 15) is 0 Å². The van der Waals surface area contributed by atoms with Gasteiger partial charge < -0.3 is 10.2 Å². The summed E-state index contributed by atoms with van der Waals surface area (Å²) in [6.45, 7) is 1.91. The molecule has 80 valence electrons. The fourth-order valence-corrected chi connectivity index (χ4v) is 1.55. The summed E-state index contributed by atoms with van der Waals surface area (Å²) in [5.41, 5.74) is 8.69. The molecule has 0 atom stereocenters. The second-order valence-corrected chi connectivity index (χ2v) is 3.63. The summed E-state index contributed by atoms with van der Waals surface area (Å²) in [5.74, 6) is 0. The van der Waals surface area contributed by atoms with E-state index in [-0.39, 0.29) is 0 Å². The van der Waals surface area contributed by atoms with Crippen molar-refractivity contribution in [3.05, 3.63) is 36.2 Å². The van der Waals surface area contributed by atoms with E-state index in [1.807, 2.05) is 25.3 Å². The molecule has 3 aromatic rings. The fraction of sp³-hybridized carbons (Fsp3) is 0.0909. The zero-order chi connectivity index (χ0) is 11.1. The molecule has 1 aromatic carbocycles. The molecule has 0 aliphatic rings. The van der Waals surface area contributed by atoms with Crippen molar-refractivity contribution in [2.24, 2.45) is 0 Å². The lowest BCUT2D eigenvalue weighted by atomic mass is 10.3. The zero-order valence-electron chi connectivity index (χ0n) is 8.71. The molecular weight excluding hydrogens is 204 g/mol. The van der Waals surface area contributed by atoms with E-state index in [0.29, 0.717) is 17.3 Å². The summed E-state index contributed by atoms with van der Waals surface area (Å²) >= 11 is 0. The smallest absolute Gasteiger partial charge is 0.323 e. The van der Waals surface area contributed by atoms with Gasteiger partial charge in [0.2, 0.25) is 0 Å². The largest absolute Gasteiger partial charge is 0.422 e. The zero-order valence-corrected chi connectivity index (χ0v) is 8.71. The van der Waals surface area contributed by atoms with Crippen LogP contribution in [-0.2, 0) is 0 Å². The van der Waals surface area contributed by atoms with Gasteiger partial charge in [-0.1, -0.05) is 0 Å². The third kappa shape index (κ3) is 1.33. The molecule has 0 aliphatic carbocycles. The number of rotatable bonds is 1. The van der Waals surface area contributed by atoms with E-state index < -0.39 is 0 Å². The number of aromatic nitrogens is 3. The lowest BCUT2D eigenvalue weighted by molar-refractivity contribution is 0.542. The quantitative estimate of drug-likeness (QED) is 0.628. The van der Waals surface area contributed by atoms with Gasteiger partial charge in [0.05, 0.1) is 5.69 Å². The minimum absolute atomic E-state index is 0.453. The third-order valence-corrected chi connectivity index (χ3v) is 2.32. The van der Waals surface area contributed by atoms with Crippen LogP contribution in [0.4, 0.5) is 5.69 Å². The van der Waals surface area contributed by atoms with Crippen LogP contribution >= 0.6 is 0 Å². The van der Waals surface area contributed by atoms with Crippen LogP contribution in [0.3, 0.4) is 0 Å². The average Bonchev–Trinajstić information content (AvgIpc) is 2.83. The Kier molecular flexibility index (Phi) is 1.73. The molecule has 0 amide bonds. The molecule has 0 unspecified atom stereocenters. The van der Waals surface area contributed by atoms with Crippen LogP contribution in [-0.4, -0.2) is 14.8 Å². The van der Waals surface area contributed by atoms with E-state index in [1.54, 1.807) is 16.8 Å². The van der Waals surface area contributed by atoms with E-state index in [4.69, 9.17) is 10.2 Å². The van der Waals surface area contributed by atoms with Crippen molar-refractivity contribution in [1.29, 1.82) is 0 Å². The van der Waals surface area contributed by atoms with E-state index in [0.717, 1.165) is 11.2 Å². The minimum Gasteiger partial charge on any atom is -0.422 e. The summed E-state index contributed by atoms with van der Waals surface area (Å²) in [6, 6.07) is 7.72. The molecule has 5 nitrogen and oxygen atoms in total. The number of benzene rings is 1. The maximum Gasteiger partial charge on any atom is 0.323 e. The number of anilines is 1. The maximum atomic E-state index is 5.67. The van der Waals surface area contributed by atoms with Crippen LogP contribution in [0.25, 0.3) is 17.1 Å². The van der Waals surface area contributed by atoms with Gasteiger partial charge in [-0.05, 0) is 25.1 Å². The first kappa shape index (κ1) is 8.96. The predicted octanol–water partition coefficient (Wildman–Crippen LogP) is 1.90. The highest BCUT2D eigenvalue weighted by molar-refractivity contribution is 5.77. The van der Waals surface area contributed by atoms with Gasteiger partial charge in [-0.2, -0.15) is 14.8 Å². The van der Waals surface area contributed by atoms with Crippen LogP contribution in [0.15, 0.2) is 34.9 Å². The molecular formula is C11H10N4O. The molecule has 0 aliphatic heterocycles. The molecule has 2 aromatic heterocycles. The van der Waals surface area contributed by atoms with Crippen LogP contribution in [0.5, 0.6) is 0 Å². The van der Waals surface area contributed by atoms with Crippen molar-refractivity contribution in [3.63, 3.8) is 0 Å². The Hall–Kier alpha value is -2.30. The Morgan fingerprint density at radius 1 is 1.31 bits per heavy atom. The molecule has 3 rings (SSSR count). The van der Waals surface area contributed by atoms with Crippen LogP contribution in [0, 0.1) is 6.92 Å². The summed E-state index contributed by atoms with van der Waals surface area (Å²) in [5, 5.41) is 4.23. The Balaban J connectivity index is 2.18. The predicted molar refractivity (Wildman–Crippen MR) is 60.3 cm³/mol. The molecule has 5 heteroatoms. The molecule has 0 fully saturated rings. The number of hydrogen-bond acceptors (Lipinski definition) is 4. The van der Waals surface area contributed by atoms with Crippen molar-refractivity contribution in [2.45, 2.75) is 6.92 Å². The van der Waals surface area contributed by atoms with Gasteiger partial charge in [-0.3, -0.25) is 0 Å². The lowest BCUT2D eigenvalue weighted by Gasteiger charge is -1.90. The summed E-state index contributed by atoms with van der Waals surface area (Å²) in [4.78, 5) is 4.32. The van der Waals surface area contributed by atoms with Crippen molar-refractivity contribution in [3.8, 4) is 6.01 Å². The van der Waals surface area contributed by atoms with Crippen molar-refractivity contribution in [1.82, 2.24) is 14.8 Å². The van der Waals surface area contributed by atoms with Gasteiger partial charge in [-0.25, -0.2) is 0 Å². The summed E-state index contributed by atoms with van der Waals surface area (Å²) in [6.07, 6.45) is 1.81. The molecule has 2 N–H and O–H groups in total. The number of oxazole rings is 1. The van der Waals surface area contributed by atoms with Gasteiger partial charge in [-0.15, -0.1) is 0 Å². The Morgan fingerprint density at radius 2 is 2.19 bits per heavy atom. The normalized spacial score (nSPS) is 11.1. The second-order valence-electron chi connectivity index (χ2n) is 3.63. The maximum absolute atomic E-state index is 5.67. The number of nitrogen functional groups attached to an aromatic ring is 1. The number of fused-ring (bicyclic) bond motifs is 1. The molecule has 16 heavy (non-hydrogen) atoms. The van der Waals surface area contributed by atoms with Crippen LogP contribution in [0.1, 0.15) is 5.69 Å². The van der Waals surface area contributed by atoms with Crippen LogP contribution < -0.4 is 5.73 Å². The molecule has 0 saturated heterocycles. The highest BCUT2D eigenvalue weighted by atomic mass is 16.4. The third-order valence-electron chi connectivity index (χ3n) is 2.32. The topological polar surface area (TPSA) is 69.9 Å². The van der Waals surface area contributed by atoms with Crippen molar-refractivity contribution in [2.75, 3.05) is 5.73 Å². The molecule has 0 radical (unpaired) electrons. The Bertz CT molecular complexity index is 653. The number of nitrogens with two attached hydrogens (primary N) is 1. The van der Waals surface area contributed by atoms with Gasteiger partial charge in [0.1, 0.15) is 5.52 Å².